The molecular weight excluding hydrogens is 857 g/mol. The topological polar surface area (TPSA) is 52.5 Å². The lowest BCUT2D eigenvalue weighted by Crippen LogP contribution is -2.30. The summed E-state index contributed by atoms with van der Waals surface area (Å²) in [5, 5.41) is 8.00. The fourth-order valence-corrected chi connectivity index (χ4v) is 11.9. The van der Waals surface area contributed by atoms with Crippen molar-refractivity contribution in [2.24, 2.45) is 0 Å². The molecule has 5 aromatic heterocycles. The Bertz CT molecular complexity index is 4470. The van der Waals surface area contributed by atoms with Crippen LogP contribution in [-0.2, 0) is 5.41 Å². The van der Waals surface area contributed by atoms with Crippen LogP contribution < -0.4 is 9.64 Å². The quantitative estimate of drug-likeness (QED) is 0.162. The van der Waals surface area contributed by atoms with Crippen molar-refractivity contribution in [1.29, 1.82) is 0 Å². The molecule has 0 saturated heterocycles. The number of fused-ring (bicyclic) bond motifs is 19. The standard InChI is InChI=1S/C63H42N6O/c1-63(2)47-25-11-15-29-52(47)68(55-31-17-18-36-64-55)54-38-42(33-35-48(54)63)70-41-32-34-43-46(37-41)62-65-49-26-12-16-30-53(49)69(62)61-56(43)59-57(44-23-9-13-27-50(44)66(59)39-19-5-3-6-20-39)60-58(61)45-24-10-14-28-51(45)67(60)40-21-7-4-8-22-40/h3-38H,1-2H3. The van der Waals surface area contributed by atoms with Crippen molar-refractivity contribution in [2.45, 2.75) is 19.3 Å². The maximum Gasteiger partial charge on any atom is 0.146 e. The smallest absolute Gasteiger partial charge is 0.146 e. The molecule has 0 amide bonds. The van der Waals surface area contributed by atoms with Gasteiger partial charge < -0.3 is 13.9 Å². The largest absolute Gasteiger partial charge is 0.457 e. The SMILES string of the molecule is CC1(C)c2ccccc2N(c2ccccn2)c2cc(Oc3ccc4c(c3)c3nc5ccccc5n3c3c4c4c(c5ccccc5n4-c4ccccc4)c4c3c3ccccc3n4-c3ccccc3)ccc21. The van der Waals surface area contributed by atoms with Crippen molar-refractivity contribution in [2.75, 3.05) is 4.90 Å². The number of para-hydroxylation sites is 7. The minimum absolute atomic E-state index is 0.250. The van der Waals surface area contributed by atoms with E-state index in [1.165, 1.54) is 32.7 Å². The molecule has 6 heterocycles. The summed E-state index contributed by atoms with van der Waals surface area (Å²) in [5.41, 5.74) is 15.1. The van der Waals surface area contributed by atoms with E-state index < -0.39 is 0 Å². The Balaban J connectivity index is 1.07. The van der Waals surface area contributed by atoms with Crippen molar-refractivity contribution in [3.8, 4) is 22.9 Å². The van der Waals surface area contributed by atoms with E-state index in [4.69, 9.17) is 14.7 Å². The summed E-state index contributed by atoms with van der Waals surface area (Å²) in [5.74, 6) is 2.32. The molecule has 0 N–H and O–H groups in total. The predicted octanol–water partition coefficient (Wildman–Crippen LogP) is 16.3. The number of rotatable bonds is 5. The second kappa shape index (κ2) is 14.4. The summed E-state index contributed by atoms with van der Waals surface area (Å²) in [4.78, 5) is 12.6. The van der Waals surface area contributed by atoms with Gasteiger partial charge in [-0.25, -0.2) is 9.97 Å². The molecule has 0 radical (unpaired) electrons. The lowest BCUT2D eigenvalue weighted by molar-refractivity contribution is 0.482. The molecule has 7 nitrogen and oxygen atoms in total. The van der Waals surface area contributed by atoms with E-state index >= 15 is 0 Å². The van der Waals surface area contributed by atoms with Crippen molar-refractivity contribution >= 4 is 99.2 Å². The Hall–Kier alpha value is -9.20. The molecule has 70 heavy (non-hydrogen) atoms. The van der Waals surface area contributed by atoms with E-state index in [9.17, 15) is 0 Å². The van der Waals surface area contributed by atoms with Gasteiger partial charge in [0, 0.05) is 61.4 Å². The lowest BCUT2D eigenvalue weighted by Gasteiger charge is -2.41. The van der Waals surface area contributed by atoms with E-state index in [0.717, 1.165) is 100 Å². The summed E-state index contributed by atoms with van der Waals surface area (Å²) in [7, 11) is 0. The third-order valence-corrected chi connectivity index (χ3v) is 14.8. The molecule has 1 aliphatic rings. The first kappa shape index (κ1) is 38.9. The van der Waals surface area contributed by atoms with Crippen LogP contribution in [0.5, 0.6) is 11.5 Å². The third-order valence-electron chi connectivity index (χ3n) is 14.8. The highest BCUT2D eigenvalue weighted by atomic mass is 16.5. The van der Waals surface area contributed by atoms with Crippen LogP contribution in [0, 0.1) is 0 Å². The van der Waals surface area contributed by atoms with Crippen LogP contribution in [0.4, 0.5) is 17.2 Å². The van der Waals surface area contributed by atoms with Crippen molar-refractivity contribution < 1.29 is 4.74 Å². The third kappa shape index (κ3) is 5.28. The van der Waals surface area contributed by atoms with E-state index in [2.05, 4.69) is 232 Å². The van der Waals surface area contributed by atoms with Crippen molar-refractivity contribution in [1.82, 2.24) is 23.5 Å². The van der Waals surface area contributed by atoms with Crippen LogP contribution in [-0.4, -0.2) is 23.5 Å². The maximum atomic E-state index is 7.04. The van der Waals surface area contributed by atoms with Gasteiger partial charge in [-0.05, 0) is 108 Å². The molecule has 1 aliphatic heterocycles. The Morgan fingerprint density at radius 2 is 0.986 bits per heavy atom. The van der Waals surface area contributed by atoms with Crippen LogP contribution in [0.2, 0.25) is 0 Å². The van der Waals surface area contributed by atoms with Gasteiger partial charge in [0.15, 0.2) is 0 Å². The van der Waals surface area contributed by atoms with Crippen LogP contribution in [0.15, 0.2) is 219 Å². The summed E-state index contributed by atoms with van der Waals surface area (Å²) >= 11 is 0. The van der Waals surface area contributed by atoms with Gasteiger partial charge in [0.2, 0.25) is 0 Å². The average Bonchev–Trinajstić information content (AvgIpc) is 4.08. The monoisotopic (exact) mass is 898 g/mol. The van der Waals surface area contributed by atoms with E-state index in [-0.39, 0.29) is 5.41 Å². The van der Waals surface area contributed by atoms with Crippen LogP contribution >= 0.6 is 0 Å². The van der Waals surface area contributed by atoms with Crippen LogP contribution in [0.1, 0.15) is 25.0 Å². The van der Waals surface area contributed by atoms with E-state index in [1.54, 1.807) is 0 Å². The van der Waals surface area contributed by atoms with Crippen LogP contribution in [0.25, 0.3) is 93.3 Å². The second-order valence-corrected chi connectivity index (χ2v) is 19.0. The molecule has 7 heteroatoms. The molecule has 9 aromatic carbocycles. The Labute approximate surface area is 402 Å². The Kier molecular flexibility index (Phi) is 8.00. The van der Waals surface area contributed by atoms with Gasteiger partial charge in [-0.1, -0.05) is 129 Å². The Morgan fingerprint density at radius 1 is 0.429 bits per heavy atom. The summed E-state index contributed by atoms with van der Waals surface area (Å²) in [6.45, 7) is 4.60. The molecule has 0 unspecified atom stereocenters. The summed E-state index contributed by atoms with van der Waals surface area (Å²) < 4.78 is 14.4. The molecule has 0 bridgehead atoms. The molecule has 330 valence electrons. The maximum absolute atomic E-state index is 7.04. The number of benzene rings is 9. The molecule has 15 rings (SSSR count). The van der Waals surface area contributed by atoms with Crippen molar-refractivity contribution in [3.63, 3.8) is 0 Å². The zero-order valence-corrected chi connectivity index (χ0v) is 38.4. The van der Waals surface area contributed by atoms with Gasteiger partial charge in [0.1, 0.15) is 23.0 Å². The normalized spacial score (nSPS) is 13.4. The molecule has 0 fully saturated rings. The lowest BCUT2D eigenvalue weighted by atomic mass is 9.73. The molecule has 0 spiro atoms. The number of hydrogen-bond donors (Lipinski definition) is 0. The average molecular weight is 899 g/mol. The minimum Gasteiger partial charge on any atom is -0.457 e. The molecule has 0 atom stereocenters. The van der Waals surface area contributed by atoms with E-state index in [0.29, 0.717) is 0 Å². The van der Waals surface area contributed by atoms with Gasteiger partial charge in [-0.15, -0.1) is 0 Å². The van der Waals surface area contributed by atoms with Gasteiger partial charge in [0.25, 0.3) is 0 Å². The number of nitrogens with zero attached hydrogens (tertiary/aromatic N) is 6. The van der Waals surface area contributed by atoms with Gasteiger partial charge in [-0.2, -0.15) is 0 Å². The van der Waals surface area contributed by atoms with Gasteiger partial charge >= 0.3 is 0 Å². The molecule has 14 aromatic rings. The Morgan fingerprint density at radius 3 is 1.69 bits per heavy atom. The highest BCUT2D eigenvalue weighted by Gasteiger charge is 2.37. The first-order valence-electron chi connectivity index (χ1n) is 23.9. The van der Waals surface area contributed by atoms with Gasteiger partial charge in [-0.3, -0.25) is 9.30 Å². The summed E-state index contributed by atoms with van der Waals surface area (Å²) in [6.07, 6.45) is 1.86. The highest BCUT2D eigenvalue weighted by molar-refractivity contribution is 6.40. The zero-order valence-electron chi connectivity index (χ0n) is 38.4. The van der Waals surface area contributed by atoms with Crippen LogP contribution in [0.3, 0.4) is 0 Å². The second-order valence-electron chi connectivity index (χ2n) is 19.0. The number of aromatic nitrogens is 5. The van der Waals surface area contributed by atoms with Gasteiger partial charge in [0.05, 0.1) is 50.0 Å². The number of pyridine rings is 2. The number of ether oxygens (including phenoxy) is 1. The molecule has 0 saturated carbocycles. The first-order valence-corrected chi connectivity index (χ1v) is 23.9. The predicted molar refractivity (Wildman–Crippen MR) is 288 cm³/mol. The zero-order chi connectivity index (χ0) is 46.2. The fourth-order valence-electron chi connectivity index (χ4n) is 11.9. The van der Waals surface area contributed by atoms with Crippen molar-refractivity contribution in [3.05, 3.63) is 230 Å². The number of anilines is 3. The molecule has 0 aliphatic carbocycles. The fraction of sp³-hybridized carbons (Fsp3) is 0.0476. The number of hydrogen-bond acceptors (Lipinski definition) is 4. The van der Waals surface area contributed by atoms with E-state index in [1.807, 2.05) is 18.3 Å². The first-order chi connectivity index (χ1) is 34.5. The summed E-state index contributed by atoms with van der Waals surface area (Å²) in [6, 6.07) is 75.8. The minimum atomic E-state index is -0.250. The highest BCUT2D eigenvalue weighted by Crippen LogP contribution is 2.53. The number of imidazole rings is 1. The molecular formula is C63H42N6O.